The first-order chi connectivity index (χ1) is 6.25. The van der Waals surface area contributed by atoms with Crippen LogP contribution in [0.3, 0.4) is 0 Å². The Kier molecular flexibility index (Phi) is 3.58. The molecule has 4 heteroatoms. The van der Waals surface area contributed by atoms with E-state index in [2.05, 4.69) is 0 Å². The summed E-state index contributed by atoms with van der Waals surface area (Å²) in [6, 6.07) is 8.89. The standard InChI is InChI=1S/C9H10ClNO2/c1-2-13-9(12)11(10)8-6-4-3-5-7-8/h3-7H,2H2,1H3. The van der Waals surface area contributed by atoms with Gasteiger partial charge in [0.05, 0.1) is 12.3 Å². The van der Waals surface area contributed by atoms with E-state index in [0.29, 0.717) is 12.3 Å². The maximum atomic E-state index is 11.1. The Hall–Kier alpha value is -1.22. The molecule has 0 aliphatic carbocycles. The third kappa shape index (κ3) is 2.63. The number of rotatable bonds is 2. The van der Waals surface area contributed by atoms with E-state index in [1.54, 1.807) is 31.2 Å². The highest BCUT2D eigenvalue weighted by molar-refractivity contribution is 6.35. The molecule has 0 spiro atoms. The number of amides is 1. The third-order valence-electron chi connectivity index (χ3n) is 1.41. The fraction of sp³-hybridized carbons (Fsp3) is 0.222. The van der Waals surface area contributed by atoms with Gasteiger partial charge in [-0.1, -0.05) is 18.2 Å². The number of carbonyl (C=O) groups is 1. The summed E-state index contributed by atoms with van der Waals surface area (Å²) in [4.78, 5) is 11.1. The number of carbonyl (C=O) groups excluding carboxylic acids is 1. The molecule has 1 rings (SSSR count). The molecule has 0 aromatic heterocycles. The topological polar surface area (TPSA) is 29.5 Å². The molecule has 0 unspecified atom stereocenters. The maximum absolute atomic E-state index is 11.1. The van der Waals surface area contributed by atoms with Gasteiger partial charge < -0.3 is 4.74 Å². The SMILES string of the molecule is CCOC(=O)N(Cl)c1ccccc1. The summed E-state index contributed by atoms with van der Waals surface area (Å²) in [5, 5.41) is 0. The second-order valence-corrected chi connectivity index (χ2v) is 2.65. The first-order valence-corrected chi connectivity index (χ1v) is 4.27. The van der Waals surface area contributed by atoms with Gasteiger partial charge in [0.25, 0.3) is 0 Å². The molecule has 0 radical (unpaired) electrons. The van der Waals surface area contributed by atoms with Crippen LogP contribution in [-0.2, 0) is 4.74 Å². The Morgan fingerprint density at radius 2 is 2.08 bits per heavy atom. The lowest BCUT2D eigenvalue weighted by Gasteiger charge is -2.12. The lowest BCUT2D eigenvalue weighted by atomic mass is 10.3. The van der Waals surface area contributed by atoms with Crippen LogP contribution in [0.1, 0.15) is 6.92 Å². The van der Waals surface area contributed by atoms with Crippen molar-refractivity contribution in [1.29, 1.82) is 0 Å². The van der Waals surface area contributed by atoms with Crippen LogP contribution in [0.25, 0.3) is 0 Å². The molecule has 0 saturated carbocycles. The van der Waals surface area contributed by atoms with E-state index in [9.17, 15) is 4.79 Å². The van der Waals surface area contributed by atoms with Crippen molar-refractivity contribution >= 4 is 23.6 Å². The molecule has 0 saturated heterocycles. The quantitative estimate of drug-likeness (QED) is 0.686. The second kappa shape index (κ2) is 4.72. The number of benzene rings is 1. The molecule has 0 N–H and O–H groups in total. The molecule has 70 valence electrons. The Balaban J connectivity index is 2.68. The molecule has 1 amide bonds. The summed E-state index contributed by atoms with van der Waals surface area (Å²) in [6.45, 7) is 2.04. The van der Waals surface area contributed by atoms with Gasteiger partial charge in [-0.3, -0.25) is 0 Å². The van der Waals surface area contributed by atoms with E-state index < -0.39 is 6.09 Å². The Morgan fingerprint density at radius 3 is 2.62 bits per heavy atom. The number of nitrogens with zero attached hydrogens (tertiary/aromatic N) is 1. The zero-order valence-electron chi connectivity index (χ0n) is 7.24. The van der Waals surface area contributed by atoms with E-state index in [4.69, 9.17) is 16.5 Å². The van der Waals surface area contributed by atoms with Crippen LogP contribution in [0.2, 0.25) is 0 Å². The summed E-state index contributed by atoms with van der Waals surface area (Å²) in [7, 11) is 0. The van der Waals surface area contributed by atoms with Crippen molar-refractivity contribution in [3.05, 3.63) is 30.3 Å². The van der Waals surface area contributed by atoms with Crippen LogP contribution < -0.4 is 4.42 Å². The van der Waals surface area contributed by atoms with E-state index in [-0.39, 0.29) is 0 Å². The van der Waals surface area contributed by atoms with Gasteiger partial charge in [0.2, 0.25) is 0 Å². The minimum absolute atomic E-state index is 0.314. The van der Waals surface area contributed by atoms with Gasteiger partial charge in [-0.05, 0) is 19.1 Å². The summed E-state index contributed by atoms with van der Waals surface area (Å²) in [6.07, 6.45) is -0.560. The predicted molar refractivity (Wildman–Crippen MR) is 51.8 cm³/mol. The van der Waals surface area contributed by atoms with Gasteiger partial charge in [0, 0.05) is 11.8 Å². The molecule has 0 aliphatic rings. The van der Waals surface area contributed by atoms with E-state index in [0.717, 1.165) is 4.42 Å². The molecular formula is C9H10ClNO2. The minimum atomic E-state index is -0.560. The number of para-hydroxylation sites is 1. The zero-order valence-corrected chi connectivity index (χ0v) is 7.99. The van der Waals surface area contributed by atoms with Crippen molar-refractivity contribution < 1.29 is 9.53 Å². The molecule has 13 heavy (non-hydrogen) atoms. The molecule has 3 nitrogen and oxygen atoms in total. The molecule has 1 aromatic carbocycles. The summed E-state index contributed by atoms with van der Waals surface area (Å²) in [5.41, 5.74) is 0.600. The molecule has 0 aliphatic heterocycles. The van der Waals surface area contributed by atoms with Crippen molar-refractivity contribution in [3.63, 3.8) is 0 Å². The molecule has 0 bridgehead atoms. The zero-order chi connectivity index (χ0) is 9.68. The number of anilines is 1. The molecule has 0 fully saturated rings. The monoisotopic (exact) mass is 199 g/mol. The van der Waals surface area contributed by atoms with E-state index in [1.807, 2.05) is 6.07 Å². The van der Waals surface area contributed by atoms with Crippen LogP contribution in [0.4, 0.5) is 10.5 Å². The van der Waals surface area contributed by atoms with Gasteiger partial charge in [0.1, 0.15) is 0 Å². The summed E-state index contributed by atoms with van der Waals surface area (Å²) >= 11 is 5.69. The Morgan fingerprint density at radius 1 is 1.46 bits per heavy atom. The van der Waals surface area contributed by atoms with Crippen LogP contribution in [0.15, 0.2) is 30.3 Å². The van der Waals surface area contributed by atoms with Crippen molar-refractivity contribution in [2.45, 2.75) is 6.92 Å². The second-order valence-electron chi connectivity index (χ2n) is 2.32. The van der Waals surface area contributed by atoms with Gasteiger partial charge in [-0.25, -0.2) is 4.79 Å². The number of hydrogen-bond donors (Lipinski definition) is 0. The number of hydrogen-bond acceptors (Lipinski definition) is 2. The number of ether oxygens (including phenoxy) is 1. The maximum Gasteiger partial charge on any atom is 0.429 e. The lowest BCUT2D eigenvalue weighted by molar-refractivity contribution is 0.164. The minimum Gasteiger partial charge on any atom is -0.449 e. The van der Waals surface area contributed by atoms with Crippen LogP contribution in [0, 0.1) is 0 Å². The average molecular weight is 200 g/mol. The fourth-order valence-corrected chi connectivity index (χ4v) is 1.01. The van der Waals surface area contributed by atoms with Crippen LogP contribution >= 0.6 is 11.8 Å². The first-order valence-electron chi connectivity index (χ1n) is 3.93. The first kappa shape index (κ1) is 9.86. The van der Waals surface area contributed by atoms with Crippen molar-refractivity contribution in [2.24, 2.45) is 0 Å². The predicted octanol–water partition coefficient (Wildman–Crippen LogP) is 2.80. The highest BCUT2D eigenvalue weighted by Crippen LogP contribution is 2.16. The van der Waals surface area contributed by atoms with E-state index in [1.165, 1.54) is 0 Å². The molecule has 0 heterocycles. The van der Waals surface area contributed by atoms with Crippen molar-refractivity contribution in [3.8, 4) is 0 Å². The smallest absolute Gasteiger partial charge is 0.429 e. The highest BCUT2D eigenvalue weighted by atomic mass is 35.5. The summed E-state index contributed by atoms with van der Waals surface area (Å²) < 4.78 is 5.66. The van der Waals surface area contributed by atoms with Gasteiger partial charge >= 0.3 is 6.09 Å². The third-order valence-corrected chi connectivity index (χ3v) is 1.74. The van der Waals surface area contributed by atoms with Crippen LogP contribution in [0.5, 0.6) is 0 Å². The van der Waals surface area contributed by atoms with E-state index >= 15 is 0 Å². The van der Waals surface area contributed by atoms with Gasteiger partial charge in [-0.2, -0.15) is 4.42 Å². The number of halogens is 1. The molecular weight excluding hydrogens is 190 g/mol. The van der Waals surface area contributed by atoms with Crippen molar-refractivity contribution in [2.75, 3.05) is 11.0 Å². The summed E-state index contributed by atoms with van der Waals surface area (Å²) in [5.74, 6) is 0. The van der Waals surface area contributed by atoms with Crippen LogP contribution in [-0.4, -0.2) is 12.7 Å². The average Bonchev–Trinajstić information content (AvgIpc) is 2.18. The Bertz CT molecular complexity index is 276. The highest BCUT2D eigenvalue weighted by Gasteiger charge is 2.12. The Labute approximate surface area is 82.0 Å². The van der Waals surface area contributed by atoms with Gasteiger partial charge in [-0.15, -0.1) is 0 Å². The molecule has 1 aromatic rings. The van der Waals surface area contributed by atoms with Gasteiger partial charge in [0.15, 0.2) is 0 Å². The largest absolute Gasteiger partial charge is 0.449 e. The normalized spacial score (nSPS) is 9.38. The molecule has 0 atom stereocenters. The lowest BCUT2D eigenvalue weighted by Crippen LogP contribution is -2.21. The fourth-order valence-electron chi connectivity index (χ4n) is 0.844. The van der Waals surface area contributed by atoms with Crippen molar-refractivity contribution in [1.82, 2.24) is 0 Å².